The molecule has 1 amide bonds. The molecule has 3 atom stereocenters. The Balaban J connectivity index is 1.39. The maximum absolute atomic E-state index is 12.4. The molecular weight excluding hydrogens is 310 g/mol. The zero-order valence-electron chi connectivity index (χ0n) is 12.9. The van der Waals surface area contributed by atoms with E-state index in [1.165, 1.54) is 17.8 Å². The van der Waals surface area contributed by atoms with Crippen molar-refractivity contribution in [1.29, 1.82) is 0 Å². The van der Waals surface area contributed by atoms with Crippen molar-refractivity contribution in [3.05, 3.63) is 41.0 Å². The van der Waals surface area contributed by atoms with Gasteiger partial charge in [0.1, 0.15) is 5.75 Å². The van der Waals surface area contributed by atoms with Crippen LogP contribution in [0.4, 0.5) is 0 Å². The molecule has 0 radical (unpaired) electrons. The van der Waals surface area contributed by atoms with Crippen molar-refractivity contribution in [2.24, 2.45) is 0 Å². The summed E-state index contributed by atoms with van der Waals surface area (Å²) in [6, 6.07) is 8.71. The predicted octanol–water partition coefficient (Wildman–Crippen LogP) is 2.87. The van der Waals surface area contributed by atoms with Crippen molar-refractivity contribution in [2.75, 3.05) is 0 Å². The number of carbonyl (C=O) groups is 1. The van der Waals surface area contributed by atoms with E-state index in [9.17, 15) is 4.79 Å². The topological polar surface area (TPSA) is 63.2 Å². The molecule has 2 aromatic heterocycles. The maximum atomic E-state index is 12.4. The lowest BCUT2D eigenvalue weighted by atomic mass is 9.95. The van der Waals surface area contributed by atoms with E-state index in [0.29, 0.717) is 27.8 Å². The van der Waals surface area contributed by atoms with Crippen molar-refractivity contribution < 1.29 is 9.53 Å². The number of aryl methyl sites for hydroxylation is 1. The van der Waals surface area contributed by atoms with Gasteiger partial charge in [0.15, 0.2) is 5.06 Å². The van der Waals surface area contributed by atoms with Crippen molar-refractivity contribution in [2.45, 2.75) is 44.3 Å². The van der Waals surface area contributed by atoms with Gasteiger partial charge in [-0.05, 0) is 50.5 Å². The lowest BCUT2D eigenvalue weighted by molar-refractivity contribution is 0.0935. The number of hydrogen-bond acceptors (Lipinski definition) is 5. The molecule has 4 rings (SSSR count). The standard InChI is InChI=1S/C17H19N3O2S/c1-10-2-4-12(9-18-10)22-16-7-6-15(23-16)17(21)20-14-8-11-3-5-13(14)19-11/h2,4,6-7,9,11,13-14,19H,3,5,8H2,1H3,(H,20,21)/t11-,13+,14-/m1/s1. The summed E-state index contributed by atoms with van der Waals surface area (Å²) < 4.78 is 5.75. The van der Waals surface area contributed by atoms with Crippen molar-refractivity contribution in [1.82, 2.24) is 15.6 Å². The number of ether oxygens (including phenoxy) is 1. The minimum Gasteiger partial charge on any atom is -0.445 e. The summed E-state index contributed by atoms with van der Waals surface area (Å²) in [5.74, 6) is 0.674. The van der Waals surface area contributed by atoms with E-state index in [-0.39, 0.29) is 11.9 Å². The van der Waals surface area contributed by atoms with Gasteiger partial charge in [-0.3, -0.25) is 9.78 Å². The van der Waals surface area contributed by atoms with Crippen LogP contribution in [-0.2, 0) is 0 Å². The molecule has 0 unspecified atom stereocenters. The Morgan fingerprint density at radius 1 is 1.35 bits per heavy atom. The first-order chi connectivity index (χ1) is 11.2. The second-order valence-electron chi connectivity index (χ2n) is 6.22. The summed E-state index contributed by atoms with van der Waals surface area (Å²) in [5, 5.41) is 7.39. The van der Waals surface area contributed by atoms with Crippen LogP contribution in [0.25, 0.3) is 0 Å². The summed E-state index contributed by atoms with van der Waals surface area (Å²) in [5.41, 5.74) is 0.947. The van der Waals surface area contributed by atoms with Gasteiger partial charge in [0.2, 0.25) is 0 Å². The van der Waals surface area contributed by atoms with Crippen LogP contribution < -0.4 is 15.4 Å². The van der Waals surface area contributed by atoms with E-state index in [2.05, 4.69) is 15.6 Å². The second kappa shape index (κ2) is 5.94. The van der Waals surface area contributed by atoms with Crippen LogP contribution in [-0.4, -0.2) is 29.0 Å². The molecule has 0 aromatic carbocycles. The second-order valence-corrected chi connectivity index (χ2v) is 7.27. The van der Waals surface area contributed by atoms with Crippen LogP contribution in [0.5, 0.6) is 10.8 Å². The highest BCUT2D eigenvalue weighted by Crippen LogP contribution is 2.31. The van der Waals surface area contributed by atoms with Gasteiger partial charge in [0.25, 0.3) is 5.91 Å². The highest BCUT2D eigenvalue weighted by molar-refractivity contribution is 7.15. The molecule has 2 aliphatic heterocycles. The molecule has 2 saturated heterocycles. The van der Waals surface area contributed by atoms with Gasteiger partial charge < -0.3 is 15.4 Å². The Morgan fingerprint density at radius 2 is 2.26 bits per heavy atom. The van der Waals surface area contributed by atoms with E-state index in [1.807, 2.05) is 31.2 Å². The van der Waals surface area contributed by atoms with Gasteiger partial charge >= 0.3 is 0 Å². The number of aromatic nitrogens is 1. The number of thiophene rings is 1. The monoisotopic (exact) mass is 329 g/mol. The Morgan fingerprint density at radius 3 is 2.96 bits per heavy atom. The van der Waals surface area contributed by atoms with Crippen LogP contribution in [0, 0.1) is 6.92 Å². The fourth-order valence-corrected chi connectivity index (χ4v) is 4.13. The smallest absolute Gasteiger partial charge is 0.261 e. The third kappa shape index (κ3) is 3.09. The first-order valence-electron chi connectivity index (χ1n) is 7.94. The molecular formula is C17H19N3O2S. The van der Waals surface area contributed by atoms with Gasteiger partial charge in [-0.15, -0.1) is 0 Å². The number of amides is 1. The van der Waals surface area contributed by atoms with Gasteiger partial charge in [-0.1, -0.05) is 11.3 Å². The zero-order valence-corrected chi connectivity index (χ0v) is 13.7. The molecule has 5 nitrogen and oxygen atoms in total. The number of rotatable bonds is 4. The molecule has 2 fully saturated rings. The predicted molar refractivity (Wildman–Crippen MR) is 89.2 cm³/mol. The Hall–Kier alpha value is -1.92. The number of hydrogen-bond donors (Lipinski definition) is 2. The normalized spacial score (nSPS) is 25.5. The summed E-state index contributed by atoms with van der Waals surface area (Å²) >= 11 is 1.36. The minimum absolute atomic E-state index is 0.00812. The summed E-state index contributed by atoms with van der Waals surface area (Å²) in [6.45, 7) is 1.93. The van der Waals surface area contributed by atoms with Crippen molar-refractivity contribution in [3.63, 3.8) is 0 Å². The number of carbonyl (C=O) groups excluding carboxylic acids is 1. The molecule has 2 bridgehead atoms. The molecule has 0 aliphatic carbocycles. The van der Waals surface area contributed by atoms with E-state index in [1.54, 1.807) is 6.20 Å². The van der Waals surface area contributed by atoms with Crippen molar-refractivity contribution in [3.8, 4) is 10.8 Å². The molecule has 0 spiro atoms. The zero-order chi connectivity index (χ0) is 15.8. The molecule has 120 valence electrons. The molecule has 2 aliphatic rings. The van der Waals surface area contributed by atoms with Gasteiger partial charge in [0, 0.05) is 23.8 Å². The van der Waals surface area contributed by atoms with Crippen LogP contribution in [0.15, 0.2) is 30.5 Å². The van der Waals surface area contributed by atoms with E-state index >= 15 is 0 Å². The Kier molecular flexibility index (Phi) is 3.79. The van der Waals surface area contributed by atoms with E-state index < -0.39 is 0 Å². The summed E-state index contributed by atoms with van der Waals surface area (Å²) in [7, 11) is 0. The SMILES string of the molecule is Cc1ccc(Oc2ccc(C(=O)N[C@@H]3C[C@H]4CC[C@@H]3N4)s2)cn1. The van der Waals surface area contributed by atoms with E-state index in [0.717, 1.165) is 18.5 Å². The van der Waals surface area contributed by atoms with Crippen LogP contribution in [0.2, 0.25) is 0 Å². The fourth-order valence-electron chi connectivity index (χ4n) is 3.35. The minimum atomic E-state index is -0.00812. The third-order valence-corrected chi connectivity index (χ3v) is 5.49. The van der Waals surface area contributed by atoms with E-state index in [4.69, 9.17) is 4.74 Å². The molecule has 6 heteroatoms. The van der Waals surface area contributed by atoms with Gasteiger partial charge in [-0.2, -0.15) is 0 Å². The highest BCUT2D eigenvalue weighted by Gasteiger charge is 2.39. The lowest BCUT2D eigenvalue weighted by Crippen LogP contribution is -2.42. The first kappa shape index (κ1) is 14.7. The van der Waals surface area contributed by atoms with Crippen molar-refractivity contribution >= 4 is 17.2 Å². The fraction of sp³-hybridized carbons (Fsp3) is 0.412. The lowest BCUT2D eigenvalue weighted by Gasteiger charge is -2.20. The Bertz CT molecular complexity index is 713. The quantitative estimate of drug-likeness (QED) is 0.905. The number of nitrogens with one attached hydrogen (secondary N) is 2. The molecule has 2 N–H and O–H groups in total. The highest BCUT2D eigenvalue weighted by atomic mass is 32.1. The molecule has 2 aromatic rings. The number of fused-ring (bicyclic) bond motifs is 2. The van der Waals surface area contributed by atoms with Crippen LogP contribution in [0.3, 0.4) is 0 Å². The van der Waals surface area contributed by atoms with Crippen LogP contribution >= 0.6 is 11.3 Å². The number of pyridine rings is 1. The molecule has 4 heterocycles. The Labute approximate surface area is 139 Å². The number of nitrogens with zero attached hydrogens (tertiary/aromatic N) is 1. The van der Waals surface area contributed by atoms with Crippen LogP contribution in [0.1, 0.15) is 34.6 Å². The maximum Gasteiger partial charge on any atom is 0.261 e. The average Bonchev–Trinajstić information content (AvgIpc) is 3.26. The average molecular weight is 329 g/mol. The van der Waals surface area contributed by atoms with Gasteiger partial charge in [0.05, 0.1) is 11.1 Å². The van der Waals surface area contributed by atoms with Gasteiger partial charge in [-0.25, -0.2) is 0 Å². The molecule has 0 saturated carbocycles. The summed E-state index contributed by atoms with van der Waals surface area (Å²) in [6.07, 6.45) is 5.13. The largest absolute Gasteiger partial charge is 0.445 e. The molecule has 23 heavy (non-hydrogen) atoms. The summed E-state index contributed by atoms with van der Waals surface area (Å²) in [4.78, 5) is 17.3. The third-order valence-electron chi connectivity index (χ3n) is 4.52. The first-order valence-corrected chi connectivity index (χ1v) is 8.76.